The number of anilines is 1. The van der Waals surface area contributed by atoms with Gasteiger partial charge in [-0.3, -0.25) is 4.79 Å². The van der Waals surface area contributed by atoms with Crippen LogP contribution in [0, 0.1) is 5.41 Å². The van der Waals surface area contributed by atoms with Crippen molar-refractivity contribution in [3.05, 3.63) is 23.8 Å². The fraction of sp³-hybridized carbons (Fsp3) is 0.500. The lowest BCUT2D eigenvalue weighted by Gasteiger charge is -2.19. The molecule has 1 amide bonds. The van der Waals surface area contributed by atoms with Gasteiger partial charge < -0.3 is 15.4 Å². The van der Waals surface area contributed by atoms with Crippen molar-refractivity contribution in [2.45, 2.75) is 26.3 Å². The Hall–Kier alpha value is -1.55. The number of carbonyl (C=O) groups excluding carboxylic acids is 1. The molecule has 3 rings (SSSR count). The Morgan fingerprint density at radius 3 is 3.06 bits per heavy atom. The number of ether oxygens (including phenoxy) is 1. The first-order valence-electron chi connectivity index (χ1n) is 6.41. The largest absolute Gasteiger partial charge is 0.482 e. The van der Waals surface area contributed by atoms with Crippen LogP contribution in [0.3, 0.4) is 0 Å². The zero-order valence-corrected chi connectivity index (χ0v) is 10.6. The molecule has 0 spiro atoms. The SMILES string of the molecule is CC1(CNCc2ccc3c(c2)NC(=O)CO3)CC1. The van der Waals surface area contributed by atoms with Crippen LogP contribution in [0.2, 0.25) is 0 Å². The molecule has 0 aromatic heterocycles. The quantitative estimate of drug-likeness (QED) is 0.853. The van der Waals surface area contributed by atoms with Crippen LogP contribution in [0.1, 0.15) is 25.3 Å². The Balaban J connectivity index is 1.62. The third-order valence-corrected chi connectivity index (χ3v) is 3.66. The molecule has 0 saturated heterocycles. The average molecular weight is 246 g/mol. The summed E-state index contributed by atoms with van der Waals surface area (Å²) < 4.78 is 5.33. The minimum Gasteiger partial charge on any atom is -0.482 e. The van der Waals surface area contributed by atoms with E-state index < -0.39 is 0 Å². The molecule has 1 aliphatic carbocycles. The Morgan fingerprint density at radius 2 is 2.28 bits per heavy atom. The predicted octanol–water partition coefficient (Wildman–Crippen LogP) is 1.91. The molecule has 96 valence electrons. The van der Waals surface area contributed by atoms with Crippen LogP contribution in [0.4, 0.5) is 5.69 Å². The molecule has 0 atom stereocenters. The first-order valence-corrected chi connectivity index (χ1v) is 6.41. The van der Waals surface area contributed by atoms with Gasteiger partial charge in [0.2, 0.25) is 0 Å². The maximum Gasteiger partial charge on any atom is 0.262 e. The van der Waals surface area contributed by atoms with E-state index in [1.54, 1.807) is 0 Å². The standard InChI is InChI=1S/C14H18N2O2/c1-14(4-5-14)9-15-7-10-2-3-12-11(6-10)16-13(17)8-18-12/h2-3,6,15H,4-5,7-9H2,1H3,(H,16,17). The summed E-state index contributed by atoms with van der Waals surface area (Å²) in [6.45, 7) is 4.32. The third kappa shape index (κ3) is 2.48. The lowest BCUT2D eigenvalue weighted by atomic mass is 10.1. The van der Waals surface area contributed by atoms with Crippen molar-refractivity contribution < 1.29 is 9.53 Å². The molecule has 0 radical (unpaired) electrons. The lowest BCUT2D eigenvalue weighted by molar-refractivity contribution is -0.118. The molecule has 1 saturated carbocycles. The Kier molecular flexibility index (Phi) is 2.74. The summed E-state index contributed by atoms with van der Waals surface area (Å²) >= 11 is 0. The number of carbonyl (C=O) groups is 1. The molecule has 1 heterocycles. The first kappa shape index (κ1) is 11.5. The number of nitrogens with one attached hydrogen (secondary N) is 2. The van der Waals surface area contributed by atoms with Crippen LogP contribution in [0.5, 0.6) is 5.75 Å². The maximum absolute atomic E-state index is 11.2. The van der Waals surface area contributed by atoms with Crippen LogP contribution in [0.25, 0.3) is 0 Å². The molecular weight excluding hydrogens is 228 g/mol. The molecule has 1 aromatic carbocycles. The second-order valence-corrected chi connectivity index (χ2v) is 5.58. The number of rotatable bonds is 4. The summed E-state index contributed by atoms with van der Waals surface area (Å²) in [6, 6.07) is 5.94. The number of hydrogen-bond donors (Lipinski definition) is 2. The molecule has 1 aromatic rings. The van der Waals surface area contributed by atoms with Crippen molar-refractivity contribution in [2.24, 2.45) is 5.41 Å². The van der Waals surface area contributed by atoms with Gasteiger partial charge in [-0.25, -0.2) is 0 Å². The van der Waals surface area contributed by atoms with Gasteiger partial charge in [0.25, 0.3) is 5.91 Å². The zero-order valence-electron chi connectivity index (χ0n) is 10.6. The molecule has 4 heteroatoms. The number of hydrogen-bond acceptors (Lipinski definition) is 3. The number of amides is 1. The van der Waals surface area contributed by atoms with Crippen molar-refractivity contribution in [1.82, 2.24) is 5.32 Å². The summed E-state index contributed by atoms with van der Waals surface area (Å²) in [6.07, 6.45) is 2.65. The summed E-state index contributed by atoms with van der Waals surface area (Å²) in [4.78, 5) is 11.2. The Bertz CT molecular complexity index is 481. The fourth-order valence-electron chi connectivity index (χ4n) is 2.14. The zero-order chi connectivity index (χ0) is 12.6. The van der Waals surface area contributed by atoms with Crippen molar-refractivity contribution in [3.8, 4) is 5.75 Å². The van der Waals surface area contributed by atoms with E-state index in [4.69, 9.17) is 4.74 Å². The van der Waals surface area contributed by atoms with Crippen LogP contribution in [-0.4, -0.2) is 19.1 Å². The van der Waals surface area contributed by atoms with Crippen molar-refractivity contribution in [1.29, 1.82) is 0 Å². The van der Waals surface area contributed by atoms with Crippen molar-refractivity contribution in [2.75, 3.05) is 18.5 Å². The van der Waals surface area contributed by atoms with E-state index in [1.165, 1.54) is 18.4 Å². The second kappa shape index (κ2) is 4.28. The van der Waals surface area contributed by atoms with E-state index in [0.29, 0.717) is 5.41 Å². The molecule has 1 aliphatic heterocycles. The van der Waals surface area contributed by atoms with Gasteiger partial charge in [0.1, 0.15) is 5.75 Å². The van der Waals surface area contributed by atoms with E-state index in [2.05, 4.69) is 17.6 Å². The van der Waals surface area contributed by atoms with Crippen LogP contribution >= 0.6 is 0 Å². The smallest absolute Gasteiger partial charge is 0.262 e. The topological polar surface area (TPSA) is 50.4 Å². The number of benzene rings is 1. The van der Waals surface area contributed by atoms with Gasteiger partial charge >= 0.3 is 0 Å². The molecule has 18 heavy (non-hydrogen) atoms. The lowest BCUT2D eigenvalue weighted by Crippen LogP contribution is -2.26. The highest BCUT2D eigenvalue weighted by atomic mass is 16.5. The average Bonchev–Trinajstić information content (AvgIpc) is 3.07. The molecular formula is C14H18N2O2. The monoisotopic (exact) mass is 246 g/mol. The van der Waals surface area contributed by atoms with Gasteiger partial charge in [-0.05, 0) is 36.0 Å². The van der Waals surface area contributed by atoms with Gasteiger partial charge in [0.05, 0.1) is 5.69 Å². The fourth-order valence-corrected chi connectivity index (χ4v) is 2.14. The van der Waals surface area contributed by atoms with Crippen molar-refractivity contribution in [3.63, 3.8) is 0 Å². The van der Waals surface area contributed by atoms with Gasteiger partial charge in [0.15, 0.2) is 6.61 Å². The molecule has 4 nitrogen and oxygen atoms in total. The van der Waals surface area contributed by atoms with Gasteiger partial charge in [0, 0.05) is 13.1 Å². The first-order chi connectivity index (χ1) is 8.65. The minimum absolute atomic E-state index is 0.0851. The summed E-state index contributed by atoms with van der Waals surface area (Å²) in [5.41, 5.74) is 2.47. The highest BCUT2D eigenvalue weighted by molar-refractivity contribution is 5.95. The van der Waals surface area contributed by atoms with Crippen LogP contribution in [0.15, 0.2) is 18.2 Å². The summed E-state index contributed by atoms with van der Waals surface area (Å²) in [5, 5.41) is 6.30. The van der Waals surface area contributed by atoms with Gasteiger partial charge in [-0.1, -0.05) is 13.0 Å². The van der Waals surface area contributed by atoms with E-state index in [-0.39, 0.29) is 12.5 Å². The summed E-state index contributed by atoms with van der Waals surface area (Å²) in [7, 11) is 0. The van der Waals surface area contributed by atoms with Crippen LogP contribution in [-0.2, 0) is 11.3 Å². The molecule has 0 unspecified atom stereocenters. The van der Waals surface area contributed by atoms with E-state index in [9.17, 15) is 4.79 Å². The molecule has 0 bridgehead atoms. The molecule has 2 N–H and O–H groups in total. The van der Waals surface area contributed by atoms with E-state index in [0.717, 1.165) is 24.5 Å². The minimum atomic E-state index is -0.0851. The second-order valence-electron chi connectivity index (χ2n) is 5.58. The van der Waals surface area contributed by atoms with Crippen molar-refractivity contribution >= 4 is 11.6 Å². The highest BCUT2D eigenvalue weighted by Gasteiger charge is 2.36. The molecule has 1 fully saturated rings. The third-order valence-electron chi connectivity index (χ3n) is 3.66. The van der Waals surface area contributed by atoms with Gasteiger partial charge in [-0.2, -0.15) is 0 Å². The highest BCUT2D eigenvalue weighted by Crippen LogP contribution is 2.44. The Morgan fingerprint density at radius 1 is 1.44 bits per heavy atom. The number of fused-ring (bicyclic) bond motifs is 1. The van der Waals surface area contributed by atoms with Crippen LogP contribution < -0.4 is 15.4 Å². The Labute approximate surface area is 107 Å². The van der Waals surface area contributed by atoms with E-state index in [1.807, 2.05) is 18.2 Å². The van der Waals surface area contributed by atoms with Gasteiger partial charge in [-0.15, -0.1) is 0 Å². The maximum atomic E-state index is 11.2. The normalized spacial score (nSPS) is 19.7. The molecule has 2 aliphatic rings. The predicted molar refractivity (Wildman–Crippen MR) is 69.6 cm³/mol. The van der Waals surface area contributed by atoms with E-state index >= 15 is 0 Å². The summed E-state index contributed by atoms with van der Waals surface area (Å²) in [5.74, 6) is 0.672.